The third-order valence-corrected chi connectivity index (χ3v) is 10.1. The van der Waals surface area contributed by atoms with Gasteiger partial charge < -0.3 is 10.2 Å². The summed E-state index contributed by atoms with van der Waals surface area (Å²) in [5.41, 5.74) is 3.90. The fourth-order valence-electron chi connectivity index (χ4n) is 8.24. The SMILES string of the molecule is CC(=O)[C@@H]1CC[C@@H]2[C@H]3CCC4=CC(=NOCC(=O)NCc5ccncc5)CC[C@]4(C)[C@@H]3CC[C@@]21C. The molecule has 4 aliphatic carbocycles. The van der Waals surface area contributed by atoms with Crippen molar-refractivity contribution in [2.45, 2.75) is 78.7 Å². The fourth-order valence-corrected chi connectivity index (χ4v) is 8.24. The van der Waals surface area contributed by atoms with Crippen LogP contribution in [0.25, 0.3) is 0 Å². The standard InChI is InChI=1S/C29H39N3O3/c1-19(33)24-6-7-25-23-5-4-21-16-22(8-12-28(21,2)26(23)9-13-29(24,25)3)32-35-18-27(34)31-17-20-10-14-30-15-11-20/h10-11,14-16,23-26H,4-9,12-13,17-18H2,1-3H3,(H,31,34)/t23-,24+,25-,26-,28+,29-/m1/s1. The molecule has 0 aromatic carbocycles. The maximum atomic E-state index is 12.4. The molecule has 1 amide bonds. The Labute approximate surface area is 209 Å². The number of fused-ring (bicyclic) bond motifs is 5. The molecular weight excluding hydrogens is 438 g/mol. The number of hydrogen-bond acceptors (Lipinski definition) is 5. The van der Waals surface area contributed by atoms with Crippen molar-refractivity contribution in [3.8, 4) is 0 Å². The summed E-state index contributed by atoms with van der Waals surface area (Å²) in [6.45, 7) is 7.08. The van der Waals surface area contributed by atoms with E-state index in [0.29, 0.717) is 24.2 Å². The molecule has 0 unspecified atom stereocenters. The zero-order valence-corrected chi connectivity index (χ0v) is 21.4. The summed E-state index contributed by atoms with van der Waals surface area (Å²) in [5.74, 6) is 2.62. The number of allylic oxidation sites excluding steroid dienone is 2. The van der Waals surface area contributed by atoms with E-state index in [-0.39, 0.29) is 29.3 Å². The number of pyridine rings is 1. The minimum Gasteiger partial charge on any atom is -0.385 e. The first-order valence-electron chi connectivity index (χ1n) is 13.4. The monoisotopic (exact) mass is 477 g/mol. The molecule has 3 saturated carbocycles. The molecule has 35 heavy (non-hydrogen) atoms. The Morgan fingerprint density at radius 1 is 1.09 bits per heavy atom. The van der Waals surface area contributed by atoms with Crippen molar-refractivity contribution < 1.29 is 14.4 Å². The minimum atomic E-state index is -0.175. The van der Waals surface area contributed by atoms with E-state index in [1.165, 1.54) is 31.3 Å². The van der Waals surface area contributed by atoms with E-state index in [4.69, 9.17) is 4.84 Å². The van der Waals surface area contributed by atoms with E-state index < -0.39 is 0 Å². The lowest BCUT2D eigenvalue weighted by atomic mass is 9.46. The molecule has 188 valence electrons. The highest BCUT2D eigenvalue weighted by Crippen LogP contribution is 2.66. The van der Waals surface area contributed by atoms with Crippen LogP contribution in [0, 0.1) is 34.5 Å². The topological polar surface area (TPSA) is 80.6 Å². The van der Waals surface area contributed by atoms with Crippen LogP contribution in [0.15, 0.2) is 41.3 Å². The Kier molecular flexibility index (Phi) is 6.58. The number of amides is 1. The quantitative estimate of drug-likeness (QED) is 0.568. The second-order valence-corrected chi connectivity index (χ2v) is 11.8. The van der Waals surface area contributed by atoms with Crippen molar-refractivity contribution in [3.05, 3.63) is 41.7 Å². The predicted molar refractivity (Wildman–Crippen MR) is 135 cm³/mol. The fraction of sp³-hybridized carbons (Fsp3) is 0.655. The molecular formula is C29H39N3O3. The lowest BCUT2D eigenvalue weighted by Gasteiger charge is -2.58. The van der Waals surface area contributed by atoms with Crippen molar-refractivity contribution >= 4 is 17.4 Å². The molecule has 0 aliphatic heterocycles. The second kappa shape index (κ2) is 9.51. The van der Waals surface area contributed by atoms with Gasteiger partial charge in [0.2, 0.25) is 0 Å². The summed E-state index contributed by atoms with van der Waals surface area (Å²) < 4.78 is 0. The average Bonchev–Trinajstić information content (AvgIpc) is 3.21. The van der Waals surface area contributed by atoms with Crippen molar-refractivity contribution in [3.63, 3.8) is 0 Å². The maximum absolute atomic E-state index is 12.4. The third-order valence-electron chi connectivity index (χ3n) is 10.1. The normalized spacial score (nSPS) is 37.0. The number of carbonyl (C=O) groups is 2. The zero-order chi connectivity index (χ0) is 24.6. The number of carbonyl (C=O) groups excluding carboxylic acids is 2. The van der Waals surface area contributed by atoms with E-state index >= 15 is 0 Å². The lowest BCUT2D eigenvalue weighted by molar-refractivity contribution is -0.128. The van der Waals surface area contributed by atoms with Gasteiger partial charge in [-0.15, -0.1) is 0 Å². The molecule has 0 spiro atoms. The molecule has 0 saturated heterocycles. The molecule has 0 bridgehead atoms. The molecule has 1 heterocycles. The Morgan fingerprint density at radius 2 is 1.89 bits per heavy atom. The van der Waals surface area contributed by atoms with Crippen molar-refractivity contribution in [2.75, 3.05) is 6.61 Å². The highest BCUT2D eigenvalue weighted by Gasteiger charge is 2.59. The van der Waals surface area contributed by atoms with Crippen LogP contribution >= 0.6 is 0 Å². The molecule has 5 rings (SSSR count). The van der Waals surface area contributed by atoms with Gasteiger partial charge in [-0.2, -0.15) is 0 Å². The Morgan fingerprint density at radius 3 is 2.66 bits per heavy atom. The first-order chi connectivity index (χ1) is 16.8. The molecule has 1 N–H and O–H groups in total. The molecule has 6 nitrogen and oxygen atoms in total. The van der Waals surface area contributed by atoms with Crippen LogP contribution in [-0.4, -0.2) is 29.0 Å². The minimum absolute atomic E-state index is 0.0721. The Bertz CT molecular complexity index is 1030. The van der Waals surface area contributed by atoms with Gasteiger partial charge in [-0.05, 0) is 111 Å². The Balaban J connectivity index is 1.20. The van der Waals surface area contributed by atoms with Crippen LogP contribution in [0.5, 0.6) is 0 Å². The van der Waals surface area contributed by atoms with Crippen molar-refractivity contribution in [2.24, 2.45) is 39.7 Å². The number of Topliss-reactive ketones (excluding diaryl/α,β-unsaturated/α-hetero) is 1. The number of nitrogens with zero attached hydrogens (tertiary/aromatic N) is 2. The summed E-state index contributed by atoms with van der Waals surface area (Å²) >= 11 is 0. The van der Waals surface area contributed by atoms with Crippen LogP contribution in [-0.2, 0) is 21.0 Å². The molecule has 3 fully saturated rings. The van der Waals surface area contributed by atoms with Gasteiger partial charge in [0, 0.05) is 24.9 Å². The predicted octanol–water partition coefficient (Wildman–Crippen LogP) is 5.24. The highest BCUT2D eigenvalue weighted by molar-refractivity contribution is 5.96. The zero-order valence-electron chi connectivity index (χ0n) is 21.4. The number of hydrogen-bond donors (Lipinski definition) is 1. The van der Waals surface area contributed by atoms with Crippen LogP contribution in [0.3, 0.4) is 0 Å². The number of oxime groups is 1. The summed E-state index contributed by atoms with van der Waals surface area (Å²) in [7, 11) is 0. The van der Waals surface area contributed by atoms with Crippen molar-refractivity contribution in [1.29, 1.82) is 0 Å². The first-order valence-corrected chi connectivity index (χ1v) is 13.4. The van der Waals surface area contributed by atoms with Gasteiger partial charge in [0.05, 0.1) is 5.71 Å². The highest BCUT2D eigenvalue weighted by atomic mass is 16.6. The number of aromatic nitrogens is 1. The van der Waals surface area contributed by atoms with Crippen LogP contribution < -0.4 is 5.32 Å². The molecule has 6 heteroatoms. The molecule has 4 aliphatic rings. The van der Waals surface area contributed by atoms with Crippen LogP contribution in [0.2, 0.25) is 0 Å². The maximum Gasteiger partial charge on any atom is 0.261 e. The lowest BCUT2D eigenvalue weighted by Crippen LogP contribution is -2.51. The summed E-state index contributed by atoms with van der Waals surface area (Å²) in [4.78, 5) is 33.9. The molecule has 1 aromatic heterocycles. The Hall–Kier alpha value is -2.50. The molecule has 1 aromatic rings. The van der Waals surface area contributed by atoms with Gasteiger partial charge >= 0.3 is 0 Å². The van der Waals surface area contributed by atoms with Gasteiger partial charge in [-0.3, -0.25) is 14.6 Å². The van der Waals surface area contributed by atoms with E-state index in [9.17, 15) is 9.59 Å². The largest absolute Gasteiger partial charge is 0.385 e. The van der Waals surface area contributed by atoms with Crippen molar-refractivity contribution in [1.82, 2.24) is 10.3 Å². The molecule has 6 atom stereocenters. The van der Waals surface area contributed by atoms with Gasteiger partial charge in [0.15, 0.2) is 6.61 Å². The van der Waals surface area contributed by atoms with E-state index in [2.05, 4.69) is 35.4 Å². The van der Waals surface area contributed by atoms with Gasteiger partial charge in [0.25, 0.3) is 5.91 Å². The average molecular weight is 478 g/mol. The summed E-state index contributed by atoms with van der Waals surface area (Å²) in [6, 6.07) is 3.75. The second-order valence-electron chi connectivity index (χ2n) is 11.8. The number of rotatable bonds is 6. The molecule has 0 radical (unpaired) electrons. The summed E-state index contributed by atoms with van der Waals surface area (Å²) in [6.07, 6.45) is 14.7. The van der Waals surface area contributed by atoms with Gasteiger partial charge in [-0.1, -0.05) is 24.6 Å². The number of nitrogens with one attached hydrogen (secondary N) is 1. The summed E-state index contributed by atoms with van der Waals surface area (Å²) in [5, 5.41) is 7.18. The van der Waals surface area contributed by atoms with E-state index in [1.54, 1.807) is 12.4 Å². The van der Waals surface area contributed by atoms with E-state index in [1.807, 2.05) is 19.1 Å². The first kappa shape index (κ1) is 24.2. The number of ketones is 1. The van der Waals surface area contributed by atoms with E-state index in [0.717, 1.165) is 42.9 Å². The van der Waals surface area contributed by atoms with Gasteiger partial charge in [0.1, 0.15) is 5.78 Å². The van der Waals surface area contributed by atoms with Crippen LogP contribution in [0.1, 0.15) is 77.7 Å². The third kappa shape index (κ3) is 4.45. The van der Waals surface area contributed by atoms with Gasteiger partial charge in [-0.25, -0.2) is 0 Å². The smallest absolute Gasteiger partial charge is 0.261 e. The van der Waals surface area contributed by atoms with Crippen LogP contribution in [0.4, 0.5) is 0 Å².